The maximum atomic E-state index is 6.10. The van der Waals surface area contributed by atoms with Gasteiger partial charge in [-0.3, -0.25) is 0 Å². The van der Waals surface area contributed by atoms with Crippen LogP contribution in [0.2, 0.25) is 0 Å². The zero-order valence-corrected chi connectivity index (χ0v) is 15.4. The summed E-state index contributed by atoms with van der Waals surface area (Å²) in [5, 5.41) is 2.43. The van der Waals surface area contributed by atoms with E-state index in [4.69, 9.17) is 4.74 Å². The highest BCUT2D eigenvalue weighted by molar-refractivity contribution is 4.84. The summed E-state index contributed by atoms with van der Waals surface area (Å²) in [4.78, 5) is 2.74. The molecule has 0 bridgehead atoms. The van der Waals surface area contributed by atoms with E-state index >= 15 is 0 Å². The van der Waals surface area contributed by atoms with Gasteiger partial charge in [-0.15, -0.1) is 0 Å². The van der Waals surface area contributed by atoms with Gasteiger partial charge in [0.05, 0.1) is 0 Å². The van der Waals surface area contributed by atoms with Crippen LogP contribution in [0.1, 0.15) is 70.6 Å². The van der Waals surface area contributed by atoms with E-state index in [1.807, 2.05) is 0 Å². The Morgan fingerprint density at radius 2 is 1.75 bits per heavy atom. The Bertz CT molecular complexity index is 377. The van der Waals surface area contributed by atoms with Crippen molar-refractivity contribution in [2.75, 3.05) is 32.8 Å². The second kappa shape index (κ2) is 8.48. The van der Waals surface area contributed by atoms with Gasteiger partial charge in [-0.2, -0.15) is 0 Å². The SMILES string of the molecule is C(CCN1CCC2CCCCC2C1)COC1CC2CCCCN2N1. The van der Waals surface area contributed by atoms with E-state index in [2.05, 4.69) is 15.3 Å². The van der Waals surface area contributed by atoms with Crippen LogP contribution in [0.5, 0.6) is 0 Å². The largest absolute Gasteiger partial charge is 0.362 e. The highest BCUT2D eigenvalue weighted by atomic mass is 16.5. The third kappa shape index (κ3) is 4.32. The van der Waals surface area contributed by atoms with Gasteiger partial charge in [0.1, 0.15) is 6.23 Å². The van der Waals surface area contributed by atoms with Gasteiger partial charge in [0.15, 0.2) is 0 Å². The maximum absolute atomic E-state index is 6.10. The van der Waals surface area contributed by atoms with Crippen LogP contribution in [0.15, 0.2) is 0 Å². The monoisotopic (exact) mass is 335 g/mol. The molecule has 4 fully saturated rings. The molecule has 0 aromatic rings. The number of hydrogen-bond acceptors (Lipinski definition) is 4. The van der Waals surface area contributed by atoms with Crippen molar-refractivity contribution < 1.29 is 4.74 Å². The minimum Gasteiger partial charge on any atom is -0.362 e. The molecule has 0 radical (unpaired) electrons. The van der Waals surface area contributed by atoms with Gasteiger partial charge in [-0.05, 0) is 63.5 Å². The Morgan fingerprint density at radius 3 is 2.67 bits per heavy atom. The first-order chi connectivity index (χ1) is 11.9. The van der Waals surface area contributed by atoms with Crippen molar-refractivity contribution in [3.63, 3.8) is 0 Å². The summed E-state index contributed by atoms with van der Waals surface area (Å²) in [6.45, 7) is 6.16. The lowest BCUT2D eigenvalue weighted by molar-refractivity contribution is 0.0115. The molecule has 4 rings (SSSR count). The normalized spacial score (nSPS) is 38.0. The zero-order valence-electron chi connectivity index (χ0n) is 15.4. The molecule has 4 aliphatic rings. The molecule has 0 aromatic carbocycles. The predicted molar refractivity (Wildman–Crippen MR) is 97.6 cm³/mol. The molecule has 3 saturated heterocycles. The minimum atomic E-state index is 0.283. The van der Waals surface area contributed by atoms with E-state index in [9.17, 15) is 0 Å². The first-order valence-corrected chi connectivity index (χ1v) is 10.8. The van der Waals surface area contributed by atoms with Crippen LogP contribution >= 0.6 is 0 Å². The van der Waals surface area contributed by atoms with Crippen molar-refractivity contribution in [2.45, 2.75) is 82.9 Å². The molecule has 0 spiro atoms. The van der Waals surface area contributed by atoms with Crippen molar-refractivity contribution in [3.8, 4) is 0 Å². The Labute approximate surface area is 148 Å². The first kappa shape index (κ1) is 17.3. The second-order valence-electron chi connectivity index (χ2n) is 8.67. The van der Waals surface area contributed by atoms with Gasteiger partial charge < -0.3 is 9.64 Å². The molecule has 0 aromatic heterocycles. The summed E-state index contributed by atoms with van der Waals surface area (Å²) in [6.07, 6.45) is 15.5. The zero-order chi connectivity index (χ0) is 16.2. The summed E-state index contributed by atoms with van der Waals surface area (Å²) in [5.41, 5.74) is 3.56. The summed E-state index contributed by atoms with van der Waals surface area (Å²) in [7, 11) is 0. The number of ether oxygens (including phenoxy) is 1. The van der Waals surface area contributed by atoms with E-state index < -0.39 is 0 Å². The lowest BCUT2D eigenvalue weighted by Crippen LogP contribution is -2.43. The number of hydrazine groups is 1. The fraction of sp³-hybridized carbons (Fsp3) is 1.00. The lowest BCUT2D eigenvalue weighted by atomic mass is 9.75. The van der Waals surface area contributed by atoms with Gasteiger partial charge in [0.2, 0.25) is 0 Å². The highest BCUT2D eigenvalue weighted by Gasteiger charge is 2.33. The topological polar surface area (TPSA) is 27.7 Å². The van der Waals surface area contributed by atoms with Crippen LogP contribution in [0, 0.1) is 11.8 Å². The summed E-state index contributed by atoms with van der Waals surface area (Å²) < 4.78 is 6.10. The minimum absolute atomic E-state index is 0.283. The quantitative estimate of drug-likeness (QED) is 0.753. The molecule has 1 saturated carbocycles. The summed E-state index contributed by atoms with van der Waals surface area (Å²) >= 11 is 0. The lowest BCUT2D eigenvalue weighted by Gasteiger charge is -2.41. The number of likely N-dealkylation sites (tertiary alicyclic amines) is 1. The van der Waals surface area contributed by atoms with Crippen LogP contribution < -0.4 is 5.43 Å². The molecule has 138 valence electrons. The molecule has 3 aliphatic heterocycles. The molecule has 24 heavy (non-hydrogen) atoms. The summed E-state index contributed by atoms with van der Waals surface area (Å²) in [5.74, 6) is 2.08. The molecular formula is C20H37N3O. The van der Waals surface area contributed by atoms with Gasteiger partial charge in [0, 0.05) is 32.2 Å². The molecular weight excluding hydrogens is 298 g/mol. The smallest absolute Gasteiger partial charge is 0.122 e. The number of unbranched alkanes of at least 4 members (excludes halogenated alkanes) is 1. The van der Waals surface area contributed by atoms with Crippen LogP contribution in [0.3, 0.4) is 0 Å². The van der Waals surface area contributed by atoms with E-state index in [0.29, 0.717) is 0 Å². The van der Waals surface area contributed by atoms with E-state index in [0.717, 1.165) is 24.5 Å². The van der Waals surface area contributed by atoms with Gasteiger partial charge in [-0.25, -0.2) is 10.4 Å². The predicted octanol–water partition coefficient (Wildman–Crippen LogP) is 3.38. The molecule has 1 aliphatic carbocycles. The number of piperidine rings is 2. The van der Waals surface area contributed by atoms with Crippen molar-refractivity contribution in [1.29, 1.82) is 0 Å². The van der Waals surface area contributed by atoms with E-state index in [-0.39, 0.29) is 6.23 Å². The van der Waals surface area contributed by atoms with Crippen molar-refractivity contribution in [2.24, 2.45) is 11.8 Å². The maximum Gasteiger partial charge on any atom is 0.122 e. The van der Waals surface area contributed by atoms with Crippen molar-refractivity contribution >= 4 is 0 Å². The van der Waals surface area contributed by atoms with Crippen LogP contribution in [-0.2, 0) is 4.74 Å². The Hall–Kier alpha value is -0.160. The van der Waals surface area contributed by atoms with E-state index in [1.165, 1.54) is 96.8 Å². The molecule has 4 heteroatoms. The van der Waals surface area contributed by atoms with E-state index in [1.54, 1.807) is 0 Å². The molecule has 3 heterocycles. The Morgan fingerprint density at radius 1 is 0.875 bits per heavy atom. The third-order valence-corrected chi connectivity index (χ3v) is 6.99. The number of nitrogens with zero attached hydrogens (tertiary/aromatic N) is 2. The molecule has 0 amide bonds. The average Bonchev–Trinajstić information content (AvgIpc) is 3.04. The van der Waals surface area contributed by atoms with Crippen molar-refractivity contribution in [1.82, 2.24) is 15.3 Å². The fourth-order valence-corrected chi connectivity index (χ4v) is 5.55. The summed E-state index contributed by atoms with van der Waals surface area (Å²) in [6, 6.07) is 0.737. The number of rotatable bonds is 6. The van der Waals surface area contributed by atoms with Crippen LogP contribution in [0.25, 0.3) is 0 Å². The number of fused-ring (bicyclic) bond motifs is 2. The average molecular weight is 336 g/mol. The fourth-order valence-electron chi connectivity index (χ4n) is 5.55. The first-order valence-electron chi connectivity index (χ1n) is 10.8. The standard InChI is InChI=1S/C20H37N3O/c1-2-8-18-16-22(13-10-17(18)7-1)11-5-6-14-24-20-15-19-9-3-4-12-23(19)21-20/h17-21H,1-16H2. The molecule has 1 N–H and O–H groups in total. The molecule has 4 nitrogen and oxygen atoms in total. The Kier molecular flexibility index (Phi) is 6.10. The van der Waals surface area contributed by atoms with Gasteiger partial charge in [-0.1, -0.05) is 25.7 Å². The highest BCUT2D eigenvalue weighted by Crippen LogP contribution is 2.36. The van der Waals surface area contributed by atoms with Gasteiger partial charge in [0.25, 0.3) is 0 Å². The number of hydrogen-bond donors (Lipinski definition) is 1. The molecule has 4 unspecified atom stereocenters. The number of nitrogens with one attached hydrogen (secondary N) is 1. The molecule has 4 atom stereocenters. The van der Waals surface area contributed by atoms with Crippen molar-refractivity contribution in [3.05, 3.63) is 0 Å². The Balaban J connectivity index is 1.07. The second-order valence-corrected chi connectivity index (χ2v) is 8.67. The van der Waals surface area contributed by atoms with Crippen LogP contribution in [0.4, 0.5) is 0 Å². The van der Waals surface area contributed by atoms with Gasteiger partial charge >= 0.3 is 0 Å². The third-order valence-electron chi connectivity index (χ3n) is 6.99. The van der Waals surface area contributed by atoms with Crippen LogP contribution in [-0.4, -0.2) is 55.0 Å².